The largest absolute Gasteiger partial charge is 0.417 e. The number of imidazole rings is 1. The molecular weight excluding hydrogens is 434 g/mol. The summed E-state index contributed by atoms with van der Waals surface area (Å²) >= 11 is 0. The standard InChI is InChI=1S/C18H12F2N6O4S/c19-11-4-5-12(26-31(28,29)14-3-1-2-6-21-14)15(20)16(11)25-18(27)30-10-7-13-17(22-8-10)24-9-23-13/h1-9,26H,(H,25,27)(H,22,23,24). The van der Waals surface area contributed by atoms with Gasteiger partial charge >= 0.3 is 6.09 Å². The van der Waals surface area contributed by atoms with Gasteiger partial charge in [-0.2, -0.15) is 8.42 Å². The number of amides is 1. The first-order valence-corrected chi connectivity index (χ1v) is 10.0. The average Bonchev–Trinajstić information content (AvgIpc) is 3.22. The van der Waals surface area contributed by atoms with E-state index in [1.165, 1.54) is 43.0 Å². The second-order valence-electron chi connectivity index (χ2n) is 6.01. The van der Waals surface area contributed by atoms with Gasteiger partial charge in [0.1, 0.15) is 17.0 Å². The van der Waals surface area contributed by atoms with E-state index in [9.17, 15) is 22.0 Å². The Labute approximate surface area is 173 Å². The lowest BCUT2D eigenvalue weighted by molar-refractivity contribution is 0.215. The summed E-state index contributed by atoms with van der Waals surface area (Å²) in [5, 5.41) is 1.55. The van der Waals surface area contributed by atoms with Gasteiger partial charge in [0.15, 0.2) is 22.2 Å². The maximum atomic E-state index is 14.8. The summed E-state index contributed by atoms with van der Waals surface area (Å²) in [5.41, 5.74) is -0.631. The van der Waals surface area contributed by atoms with E-state index in [4.69, 9.17) is 4.74 Å². The Morgan fingerprint density at radius 2 is 1.94 bits per heavy atom. The summed E-state index contributed by atoms with van der Waals surface area (Å²) in [4.78, 5) is 26.5. The van der Waals surface area contributed by atoms with Crippen molar-refractivity contribution in [2.75, 3.05) is 10.0 Å². The first-order chi connectivity index (χ1) is 14.8. The molecule has 0 saturated carbocycles. The summed E-state index contributed by atoms with van der Waals surface area (Å²) in [6, 6.07) is 7.18. The highest BCUT2D eigenvalue weighted by Crippen LogP contribution is 2.28. The van der Waals surface area contributed by atoms with Crippen molar-refractivity contribution in [1.29, 1.82) is 0 Å². The number of fused-ring (bicyclic) bond motifs is 1. The third-order valence-corrected chi connectivity index (χ3v) is 5.21. The molecule has 3 aromatic heterocycles. The van der Waals surface area contributed by atoms with E-state index in [0.29, 0.717) is 11.2 Å². The highest BCUT2D eigenvalue weighted by atomic mass is 32.2. The number of benzene rings is 1. The van der Waals surface area contributed by atoms with Crippen LogP contribution in [-0.4, -0.2) is 34.4 Å². The van der Waals surface area contributed by atoms with Gasteiger partial charge in [0, 0.05) is 12.3 Å². The molecule has 0 saturated heterocycles. The van der Waals surface area contributed by atoms with E-state index < -0.39 is 39.1 Å². The molecule has 0 radical (unpaired) electrons. The third kappa shape index (κ3) is 4.25. The zero-order chi connectivity index (χ0) is 22.0. The number of anilines is 2. The van der Waals surface area contributed by atoms with Gasteiger partial charge in [-0.25, -0.2) is 28.5 Å². The van der Waals surface area contributed by atoms with Crippen molar-refractivity contribution in [2.45, 2.75) is 5.03 Å². The fourth-order valence-corrected chi connectivity index (χ4v) is 3.56. The minimum atomic E-state index is -4.24. The van der Waals surface area contributed by atoms with Gasteiger partial charge in [-0.1, -0.05) is 6.07 Å². The number of pyridine rings is 2. The van der Waals surface area contributed by atoms with Crippen LogP contribution in [0.15, 0.2) is 60.1 Å². The zero-order valence-corrected chi connectivity index (χ0v) is 16.2. The van der Waals surface area contributed by atoms with E-state index >= 15 is 0 Å². The van der Waals surface area contributed by atoms with Crippen molar-refractivity contribution in [3.8, 4) is 5.75 Å². The molecule has 158 valence electrons. The fourth-order valence-electron chi connectivity index (χ4n) is 2.55. The molecule has 0 aliphatic heterocycles. The topological polar surface area (TPSA) is 139 Å². The van der Waals surface area contributed by atoms with Crippen molar-refractivity contribution in [1.82, 2.24) is 19.9 Å². The molecule has 1 amide bonds. The predicted molar refractivity (Wildman–Crippen MR) is 105 cm³/mol. The maximum Gasteiger partial charge on any atom is 0.417 e. The number of nitrogens with one attached hydrogen (secondary N) is 3. The quantitative estimate of drug-likeness (QED) is 0.428. The lowest BCUT2D eigenvalue weighted by Gasteiger charge is -2.13. The Hall–Kier alpha value is -4.13. The van der Waals surface area contributed by atoms with Crippen molar-refractivity contribution in [3.63, 3.8) is 0 Å². The van der Waals surface area contributed by atoms with Crippen LogP contribution in [0.2, 0.25) is 0 Å². The van der Waals surface area contributed by atoms with Crippen LogP contribution in [0, 0.1) is 11.6 Å². The van der Waals surface area contributed by atoms with Crippen LogP contribution in [0.3, 0.4) is 0 Å². The molecule has 4 rings (SSSR count). The van der Waals surface area contributed by atoms with Crippen LogP contribution < -0.4 is 14.8 Å². The van der Waals surface area contributed by atoms with Crippen LogP contribution in [-0.2, 0) is 10.0 Å². The van der Waals surface area contributed by atoms with Gasteiger partial charge in [0.05, 0.1) is 18.2 Å². The zero-order valence-electron chi connectivity index (χ0n) is 15.3. The van der Waals surface area contributed by atoms with Crippen LogP contribution in [0.4, 0.5) is 25.0 Å². The van der Waals surface area contributed by atoms with E-state index in [2.05, 4.69) is 19.9 Å². The number of carbonyl (C=O) groups excluding carboxylic acids is 1. The Morgan fingerprint density at radius 1 is 1.10 bits per heavy atom. The lowest BCUT2D eigenvalue weighted by Crippen LogP contribution is -2.20. The first-order valence-electron chi connectivity index (χ1n) is 8.53. The van der Waals surface area contributed by atoms with E-state index in [1.54, 1.807) is 0 Å². The molecule has 0 unspecified atom stereocenters. The summed E-state index contributed by atoms with van der Waals surface area (Å²) in [6.07, 6.45) is 2.63. The number of carbonyl (C=O) groups is 1. The van der Waals surface area contributed by atoms with Crippen LogP contribution in [0.5, 0.6) is 5.75 Å². The van der Waals surface area contributed by atoms with Gasteiger partial charge in [0.2, 0.25) is 0 Å². The van der Waals surface area contributed by atoms with Crippen LogP contribution in [0.25, 0.3) is 11.2 Å². The monoisotopic (exact) mass is 446 g/mol. The smallest absolute Gasteiger partial charge is 0.408 e. The minimum Gasteiger partial charge on any atom is -0.408 e. The molecule has 1 aromatic carbocycles. The van der Waals surface area contributed by atoms with Gasteiger partial charge < -0.3 is 9.72 Å². The average molecular weight is 446 g/mol. The maximum absolute atomic E-state index is 14.8. The number of H-pyrrole nitrogens is 1. The minimum absolute atomic E-state index is 0.0232. The number of sulfonamides is 1. The molecule has 3 heterocycles. The number of rotatable bonds is 5. The molecule has 0 aliphatic rings. The molecule has 4 aromatic rings. The molecule has 0 atom stereocenters. The highest BCUT2D eigenvalue weighted by Gasteiger charge is 2.22. The molecule has 0 spiro atoms. The first kappa shape index (κ1) is 20.2. The highest BCUT2D eigenvalue weighted by molar-refractivity contribution is 7.92. The Bertz CT molecular complexity index is 1380. The van der Waals surface area contributed by atoms with Crippen molar-refractivity contribution < 1.29 is 26.7 Å². The van der Waals surface area contributed by atoms with Gasteiger partial charge in [-0.05, 0) is 24.3 Å². The Balaban J connectivity index is 1.55. The number of hydrogen-bond donors (Lipinski definition) is 3. The molecule has 0 bridgehead atoms. The fraction of sp³-hybridized carbons (Fsp3) is 0. The number of hydrogen-bond acceptors (Lipinski definition) is 7. The Kier molecular flexibility index (Phi) is 5.17. The second kappa shape index (κ2) is 7.95. The van der Waals surface area contributed by atoms with Crippen molar-refractivity contribution in [3.05, 3.63) is 66.8 Å². The van der Waals surface area contributed by atoms with Gasteiger partial charge in [0.25, 0.3) is 10.0 Å². The molecule has 3 N–H and O–H groups in total. The third-order valence-electron chi connectivity index (χ3n) is 3.93. The lowest BCUT2D eigenvalue weighted by atomic mass is 10.2. The molecule has 13 heteroatoms. The summed E-state index contributed by atoms with van der Waals surface area (Å²) < 4.78 is 60.5. The van der Waals surface area contributed by atoms with E-state index in [1.807, 2.05) is 10.0 Å². The Morgan fingerprint density at radius 3 is 2.71 bits per heavy atom. The number of ether oxygens (including phenoxy) is 1. The summed E-state index contributed by atoms with van der Waals surface area (Å²) in [5.74, 6) is -2.52. The van der Waals surface area contributed by atoms with Gasteiger partial charge in [-0.15, -0.1) is 0 Å². The summed E-state index contributed by atoms with van der Waals surface area (Å²) in [7, 11) is -4.24. The van der Waals surface area contributed by atoms with Gasteiger partial charge in [-0.3, -0.25) is 10.0 Å². The molecule has 0 fully saturated rings. The number of aromatic nitrogens is 4. The number of halogens is 2. The van der Waals surface area contributed by atoms with Crippen LogP contribution >= 0.6 is 0 Å². The van der Waals surface area contributed by atoms with Crippen molar-refractivity contribution in [2.24, 2.45) is 0 Å². The van der Waals surface area contributed by atoms with Crippen LogP contribution in [0.1, 0.15) is 0 Å². The SMILES string of the molecule is O=C(Nc1c(F)ccc(NS(=O)(=O)c2ccccn2)c1F)Oc1cnc2[nH]cnc2c1. The van der Waals surface area contributed by atoms with E-state index in [-0.39, 0.29) is 10.8 Å². The van der Waals surface area contributed by atoms with Crippen molar-refractivity contribution >= 4 is 38.7 Å². The molecule has 0 aliphatic carbocycles. The second-order valence-corrected chi connectivity index (χ2v) is 7.64. The van der Waals surface area contributed by atoms with E-state index in [0.717, 1.165) is 12.1 Å². The molecule has 31 heavy (non-hydrogen) atoms. The predicted octanol–water partition coefficient (Wildman–Crippen LogP) is 3.04. The normalized spacial score (nSPS) is 11.3. The summed E-state index contributed by atoms with van der Waals surface area (Å²) in [6.45, 7) is 0. The molecule has 10 nitrogen and oxygen atoms in total. The number of aromatic amines is 1. The molecular formula is C18H12F2N6O4S. The number of nitrogens with zero attached hydrogens (tertiary/aromatic N) is 3.